The molecule has 4 rings (SSSR count). The molecule has 3 aromatic heterocycles. The minimum atomic E-state index is 0.582. The highest BCUT2D eigenvalue weighted by Gasteiger charge is 2.18. The summed E-state index contributed by atoms with van der Waals surface area (Å²) >= 11 is 12.3. The first-order chi connectivity index (χ1) is 12.2. The van der Waals surface area contributed by atoms with Gasteiger partial charge in [0.05, 0.1) is 21.4 Å². The zero-order chi connectivity index (χ0) is 17.2. The van der Waals surface area contributed by atoms with Gasteiger partial charge in [-0.2, -0.15) is 0 Å². The van der Waals surface area contributed by atoms with Gasteiger partial charge in [0.1, 0.15) is 0 Å². The van der Waals surface area contributed by atoms with Crippen LogP contribution in [0.4, 0.5) is 0 Å². The van der Waals surface area contributed by atoms with Gasteiger partial charge in [0.25, 0.3) is 0 Å². The van der Waals surface area contributed by atoms with E-state index in [4.69, 9.17) is 23.2 Å². The Morgan fingerprint density at radius 1 is 0.920 bits per heavy atom. The number of hydrogen-bond acceptors (Lipinski definition) is 4. The second kappa shape index (κ2) is 7.30. The molecule has 1 aliphatic rings. The van der Waals surface area contributed by atoms with Crippen molar-refractivity contribution < 1.29 is 0 Å². The molecule has 0 spiro atoms. The van der Waals surface area contributed by atoms with Gasteiger partial charge in [-0.05, 0) is 18.2 Å². The highest BCUT2D eigenvalue weighted by molar-refractivity contribution is 6.36. The highest BCUT2D eigenvalue weighted by atomic mass is 35.5. The first-order valence-corrected chi connectivity index (χ1v) is 9.10. The van der Waals surface area contributed by atoms with Gasteiger partial charge in [0.2, 0.25) is 0 Å². The van der Waals surface area contributed by atoms with E-state index in [1.165, 1.54) is 0 Å². The third-order valence-corrected chi connectivity index (χ3v) is 4.97. The van der Waals surface area contributed by atoms with Crippen LogP contribution in [0.2, 0.25) is 10.0 Å². The molecule has 1 fully saturated rings. The average Bonchev–Trinajstić information content (AvgIpc) is 3.00. The molecule has 1 aliphatic heterocycles. The largest absolute Gasteiger partial charge is 0.304 e. The van der Waals surface area contributed by atoms with E-state index >= 15 is 0 Å². The van der Waals surface area contributed by atoms with Crippen molar-refractivity contribution in [3.8, 4) is 0 Å². The normalized spacial score (nSPS) is 16.6. The van der Waals surface area contributed by atoms with Crippen LogP contribution in [-0.4, -0.2) is 50.3 Å². The Hall–Kier alpha value is -1.66. The Morgan fingerprint density at radius 3 is 2.32 bits per heavy atom. The summed E-state index contributed by atoms with van der Waals surface area (Å²) in [6.45, 7) is 5.86. The number of rotatable bonds is 4. The fourth-order valence-corrected chi connectivity index (χ4v) is 3.73. The number of pyridine rings is 2. The topological polar surface area (TPSA) is 36.7 Å². The summed E-state index contributed by atoms with van der Waals surface area (Å²) in [5.74, 6) is 0. The van der Waals surface area contributed by atoms with E-state index < -0.39 is 0 Å². The van der Waals surface area contributed by atoms with E-state index in [2.05, 4.69) is 25.8 Å². The predicted molar refractivity (Wildman–Crippen MR) is 100 cm³/mol. The van der Waals surface area contributed by atoms with Gasteiger partial charge in [-0.1, -0.05) is 29.3 Å². The molecule has 0 atom stereocenters. The molecule has 0 aromatic carbocycles. The van der Waals surface area contributed by atoms with Gasteiger partial charge in [0, 0.05) is 57.9 Å². The van der Waals surface area contributed by atoms with Gasteiger partial charge >= 0.3 is 0 Å². The van der Waals surface area contributed by atoms with Crippen LogP contribution in [-0.2, 0) is 13.1 Å². The maximum Gasteiger partial charge on any atom is 0.156 e. The average molecular weight is 376 g/mol. The lowest BCUT2D eigenvalue weighted by Gasteiger charge is -2.34. The summed E-state index contributed by atoms with van der Waals surface area (Å²) in [7, 11) is 0. The molecule has 0 bridgehead atoms. The lowest BCUT2D eigenvalue weighted by atomic mass is 10.2. The zero-order valence-corrected chi connectivity index (χ0v) is 15.3. The molecule has 0 radical (unpaired) electrons. The summed E-state index contributed by atoms with van der Waals surface area (Å²) < 4.78 is 1.90. The molecular formula is C18H19Cl2N5. The van der Waals surface area contributed by atoms with E-state index in [-0.39, 0.29) is 0 Å². The number of fused-ring (bicyclic) bond motifs is 1. The van der Waals surface area contributed by atoms with Crippen molar-refractivity contribution in [1.29, 1.82) is 0 Å². The Kier molecular flexibility index (Phi) is 4.90. The van der Waals surface area contributed by atoms with Gasteiger partial charge in [-0.3, -0.25) is 14.8 Å². The smallest absolute Gasteiger partial charge is 0.156 e. The highest BCUT2D eigenvalue weighted by Crippen LogP contribution is 2.22. The molecule has 0 amide bonds. The number of aromatic nitrogens is 3. The van der Waals surface area contributed by atoms with Gasteiger partial charge in [-0.15, -0.1) is 0 Å². The molecule has 25 heavy (non-hydrogen) atoms. The van der Waals surface area contributed by atoms with Crippen molar-refractivity contribution in [3.05, 3.63) is 64.3 Å². The van der Waals surface area contributed by atoms with Gasteiger partial charge in [-0.25, -0.2) is 4.98 Å². The predicted octanol–water partition coefficient (Wildman–Crippen LogP) is 3.35. The Balaban J connectivity index is 1.36. The standard InChI is InChI=1S/C18H19Cl2N5/c19-14-9-17(20)18-22-16(13-25(18)10-14)12-24-7-5-23(6-8-24)11-15-3-1-2-4-21-15/h1-4,9-10,13H,5-8,11-12H2. The molecule has 0 aliphatic carbocycles. The number of piperazine rings is 1. The Morgan fingerprint density at radius 2 is 1.64 bits per heavy atom. The van der Waals surface area contributed by atoms with Crippen LogP contribution < -0.4 is 0 Å². The second-order valence-electron chi connectivity index (χ2n) is 6.34. The van der Waals surface area contributed by atoms with E-state index in [9.17, 15) is 0 Å². The number of nitrogens with zero attached hydrogens (tertiary/aromatic N) is 5. The second-order valence-corrected chi connectivity index (χ2v) is 7.19. The van der Waals surface area contributed by atoms with Crippen LogP contribution in [0.25, 0.3) is 5.65 Å². The number of imidazole rings is 1. The van der Waals surface area contributed by atoms with Crippen molar-refractivity contribution in [2.45, 2.75) is 13.1 Å². The maximum atomic E-state index is 6.22. The van der Waals surface area contributed by atoms with Crippen LogP contribution in [0.5, 0.6) is 0 Å². The fraction of sp³-hybridized carbons (Fsp3) is 0.333. The quantitative estimate of drug-likeness (QED) is 0.700. The van der Waals surface area contributed by atoms with Crippen molar-refractivity contribution in [2.75, 3.05) is 26.2 Å². The minimum Gasteiger partial charge on any atom is -0.304 e. The summed E-state index contributed by atoms with van der Waals surface area (Å²) in [6.07, 6.45) is 5.70. The van der Waals surface area contributed by atoms with Crippen LogP contribution in [0, 0.1) is 0 Å². The van der Waals surface area contributed by atoms with Crippen LogP contribution in [0.15, 0.2) is 42.9 Å². The summed E-state index contributed by atoms with van der Waals surface area (Å²) in [5.41, 5.74) is 2.90. The van der Waals surface area contributed by atoms with Crippen LogP contribution >= 0.6 is 23.2 Å². The SMILES string of the molecule is Clc1cc(Cl)c2nc(CN3CCN(Cc4ccccn4)CC3)cn2c1. The Labute approximate surface area is 156 Å². The van der Waals surface area contributed by atoms with Crippen molar-refractivity contribution in [3.63, 3.8) is 0 Å². The van der Waals surface area contributed by atoms with Crippen LogP contribution in [0.3, 0.4) is 0 Å². The number of halogens is 2. The van der Waals surface area contributed by atoms with Crippen molar-refractivity contribution in [2.24, 2.45) is 0 Å². The first-order valence-electron chi connectivity index (χ1n) is 8.34. The molecule has 4 heterocycles. The molecular weight excluding hydrogens is 357 g/mol. The van der Waals surface area contributed by atoms with Gasteiger partial charge in [0.15, 0.2) is 5.65 Å². The summed E-state index contributed by atoms with van der Waals surface area (Å²) in [4.78, 5) is 13.9. The molecule has 1 saturated heterocycles. The lowest BCUT2D eigenvalue weighted by molar-refractivity contribution is 0.120. The van der Waals surface area contributed by atoms with Crippen LogP contribution in [0.1, 0.15) is 11.4 Å². The monoisotopic (exact) mass is 375 g/mol. The molecule has 0 N–H and O–H groups in total. The van der Waals surface area contributed by atoms with Gasteiger partial charge < -0.3 is 4.40 Å². The lowest BCUT2D eigenvalue weighted by Crippen LogP contribution is -2.45. The van der Waals surface area contributed by atoms with E-state index in [0.29, 0.717) is 10.0 Å². The Bertz CT molecular complexity index is 857. The third kappa shape index (κ3) is 3.96. The zero-order valence-electron chi connectivity index (χ0n) is 13.8. The number of hydrogen-bond donors (Lipinski definition) is 0. The summed E-state index contributed by atoms with van der Waals surface area (Å²) in [5, 5.41) is 1.20. The first kappa shape index (κ1) is 16.8. The molecule has 3 aromatic rings. The van der Waals surface area contributed by atoms with E-state index in [1.54, 1.807) is 6.07 Å². The maximum absolute atomic E-state index is 6.22. The summed E-state index contributed by atoms with van der Waals surface area (Å²) in [6, 6.07) is 7.80. The molecule has 7 heteroatoms. The van der Waals surface area contributed by atoms with Crippen molar-refractivity contribution >= 4 is 28.8 Å². The molecule has 0 unspecified atom stereocenters. The fourth-order valence-electron chi connectivity index (χ4n) is 3.21. The van der Waals surface area contributed by atoms with E-state index in [1.807, 2.05) is 35.1 Å². The third-order valence-electron chi connectivity index (χ3n) is 4.49. The van der Waals surface area contributed by atoms with Crippen molar-refractivity contribution in [1.82, 2.24) is 24.2 Å². The molecule has 0 saturated carbocycles. The minimum absolute atomic E-state index is 0.582. The molecule has 5 nitrogen and oxygen atoms in total. The molecule has 130 valence electrons. The van der Waals surface area contributed by atoms with E-state index in [0.717, 1.165) is 56.3 Å².